The molecular weight excluding hydrogens is 190 g/mol. The Morgan fingerprint density at radius 3 is 3.00 bits per heavy atom. The van der Waals surface area contributed by atoms with Crippen LogP contribution in [0.25, 0.3) is 0 Å². The van der Waals surface area contributed by atoms with Crippen molar-refractivity contribution in [2.75, 3.05) is 6.61 Å². The van der Waals surface area contributed by atoms with Gasteiger partial charge in [-0.15, -0.1) is 0 Å². The molecule has 0 aliphatic heterocycles. The molecule has 0 saturated heterocycles. The average molecular weight is 201 g/mol. The summed E-state index contributed by atoms with van der Waals surface area (Å²) in [4.78, 5) is 11.3. The van der Waals surface area contributed by atoms with Crippen LogP contribution in [0, 0.1) is 17.2 Å². The summed E-state index contributed by atoms with van der Waals surface area (Å²) < 4.78 is 5.31. The number of rotatable bonds is 4. The first kappa shape index (κ1) is 9.72. The van der Waals surface area contributed by atoms with E-state index < -0.39 is 0 Å². The first-order valence-electron chi connectivity index (χ1n) is 4.95. The number of carbonyl (C=O) groups excluding carboxylic acids is 1. The minimum absolute atomic E-state index is 0.125. The zero-order chi connectivity index (χ0) is 10.7. The predicted octanol–water partition coefficient (Wildman–Crippen LogP) is 1.92. The van der Waals surface area contributed by atoms with Crippen LogP contribution in [0.5, 0.6) is 5.75 Å². The second-order valence-corrected chi connectivity index (χ2v) is 3.67. The van der Waals surface area contributed by atoms with Crippen molar-refractivity contribution in [2.24, 2.45) is 5.92 Å². The number of hydrogen-bond donors (Lipinski definition) is 0. The lowest BCUT2D eigenvalue weighted by atomic mass is 10.2. The third kappa shape index (κ3) is 2.57. The van der Waals surface area contributed by atoms with E-state index in [0.717, 1.165) is 12.8 Å². The molecule has 0 atom stereocenters. The molecule has 0 spiro atoms. The number of ether oxygens (including phenoxy) is 1. The van der Waals surface area contributed by atoms with Gasteiger partial charge in [0.2, 0.25) is 0 Å². The molecule has 2 rings (SSSR count). The summed E-state index contributed by atoms with van der Waals surface area (Å²) in [7, 11) is 0. The second-order valence-electron chi connectivity index (χ2n) is 3.67. The van der Waals surface area contributed by atoms with Crippen LogP contribution in [0.3, 0.4) is 0 Å². The molecule has 0 amide bonds. The lowest BCUT2D eigenvalue weighted by molar-refractivity contribution is -0.122. The fourth-order valence-corrected chi connectivity index (χ4v) is 1.33. The van der Waals surface area contributed by atoms with Crippen LogP contribution in [0.4, 0.5) is 0 Å². The van der Waals surface area contributed by atoms with Gasteiger partial charge < -0.3 is 4.74 Å². The van der Waals surface area contributed by atoms with E-state index in [9.17, 15) is 4.79 Å². The third-order valence-electron chi connectivity index (χ3n) is 2.38. The summed E-state index contributed by atoms with van der Waals surface area (Å²) in [6.45, 7) is 0.125. The summed E-state index contributed by atoms with van der Waals surface area (Å²) in [5, 5.41) is 8.67. The van der Waals surface area contributed by atoms with Crippen molar-refractivity contribution in [3.63, 3.8) is 0 Å². The standard InChI is InChI=1S/C12H11NO2/c13-7-9-2-1-3-11(6-9)15-8-12(14)10-4-5-10/h1-3,6,10H,4-5,8H2. The Hall–Kier alpha value is -1.82. The molecule has 0 radical (unpaired) electrons. The number of nitrogens with zero attached hydrogens (tertiary/aromatic N) is 1. The molecule has 0 N–H and O–H groups in total. The van der Waals surface area contributed by atoms with Gasteiger partial charge in [0.15, 0.2) is 5.78 Å². The first-order chi connectivity index (χ1) is 7.29. The molecule has 15 heavy (non-hydrogen) atoms. The topological polar surface area (TPSA) is 50.1 Å². The van der Waals surface area contributed by atoms with Crippen molar-refractivity contribution in [3.05, 3.63) is 29.8 Å². The van der Waals surface area contributed by atoms with Crippen LogP contribution in [0.1, 0.15) is 18.4 Å². The molecule has 0 aromatic heterocycles. The Morgan fingerprint density at radius 2 is 2.33 bits per heavy atom. The molecule has 1 aromatic rings. The first-order valence-corrected chi connectivity index (χ1v) is 4.95. The fourth-order valence-electron chi connectivity index (χ4n) is 1.33. The highest BCUT2D eigenvalue weighted by Gasteiger charge is 2.29. The number of carbonyl (C=O) groups is 1. The van der Waals surface area contributed by atoms with Gasteiger partial charge in [0.05, 0.1) is 11.6 Å². The third-order valence-corrected chi connectivity index (χ3v) is 2.38. The molecule has 3 heteroatoms. The Balaban J connectivity index is 1.92. The van der Waals surface area contributed by atoms with Gasteiger partial charge >= 0.3 is 0 Å². The second kappa shape index (κ2) is 4.14. The van der Waals surface area contributed by atoms with E-state index in [2.05, 4.69) is 0 Å². The minimum atomic E-state index is 0.125. The smallest absolute Gasteiger partial charge is 0.173 e. The molecule has 1 aliphatic rings. The summed E-state index contributed by atoms with van der Waals surface area (Å²) in [5.74, 6) is 0.976. The Bertz CT molecular complexity index is 416. The van der Waals surface area contributed by atoms with Crippen LogP contribution < -0.4 is 4.74 Å². The molecule has 1 aromatic carbocycles. The maximum Gasteiger partial charge on any atom is 0.173 e. The lowest BCUT2D eigenvalue weighted by Gasteiger charge is -2.04. The maximum absolute atomic E-state index is 11.3. The van der Waals surface area contributed by atoms with E-state index in [-0.39, 0.29) is 18.3 Å². The summed E-state index contributed by atoms with van der Waals surface area (Å²) in [6.07, 6.45) is 2.00. The number of Topliss-reactive ketones (excluding diaryl/α,β-unsaturated/α-hetero) is 1. The van der Waals surface area contributed by atoms with Gasteiger partial charge in [0, 0.05) is 5.92 Å². The molecule has 1 aliphatic carbocycles. The van der Waals surface area contributed by atoms with Gasteiger partial charge in [0.25, 0.3) is 0 Å². The summed E-state index contributed by atoms with van der Waals surface area (Å²) >= 11 is 0. The van der Waals surface area contributed by atoms with Gasteiger partial charge in [-0.3, -0.25) is 4.79 Å². The Morgan fingerprint density at radius 1 is 1.53 bits per heavy atom. The molecule has 1 fully saturated rings. The van der Waals surface area contributed by atoms with Crippen molar-refractivity contribution in [2.45, 2.75) is 12.8 Å². The van der Waals surface area contributed by atoms with Gasteiger partial charge in [-0.05, 0) is 31.0 Å². The molecule has 1 saturated carbocycles. The Labute approximate surface area is 88.3 Å². The van der Waals surface area contributed by atoms with Gasteiger partial charge in [0.1, 0.15) is 12.4 Å². The minimum Gasteiger partial charge on any atom is -0.486 e. The Kier molecular flexibility index (Phi) is 2.68. The molecular formula is C12H11NO2. The maximum atomic E-state index is 11.3. The van der Waals surface area contributed by atoms with E-state index in [1.165, 1.54) is 0 Å². The number of benzene rings is 1. The molecule has 3 nitrogen and oxygen atoms in total. The van der Waals surface area contributed by atoms with Crippen LogP contribution in [-0.4, -0.2) is 12.4 Å². The zero-order valence-corrected chi connectivity index (χ0v) is 8.27. The largest absolute Gasteiger partial charge is 0.486 e. The van der Waals surface area contributed by atoms with Crippen LogP contribution in [0.2, 0.25) is 0 Å². The van der Waals surface area contributed by atoms with Crippen molar-refractivity contribution >= 4 is 5.78 Å². The highest BCUT2D eigenvalue weighted by molar-refractivity contribution is 5.84. The van der Waals surface area contributed by atoms with Crippen molar-refractivity contribution in [1.82, 2.24) is 0 Å². The van der Waals surface area contributed by atoms with E-state index >= 15 is 0 Å². The van der Waals surface area contributed by atoms with Crippen LogP contribution >= 0.6 is 0 Å². The molecule has 0 unspecified atom stereocenters. The van der Waals surface area contributed by atoms with Crippen molar-refractivity contribution in [3.8, 4) is 11.8 Å². The van der Waals surface area contributed by atoms with Crippen molar-refractivity contribution in [1.29, 1.82) is 5.26 Å². The van der Waals surface area contributed by atoms with E-state index in [1.54, 1.807) is 24.3 Å². The highest BCUT2D eigenvalue weighted by Crippen LogP contribution is 2.29. The van der Waals surface area contributed by atoms with Gasteiger partial charge in [-0.1, -0.05) is 6.07 Å². The van der Waals surface area contributed by atoms with Crippen LogP contribution in [0.15, 0.2) is 24.3 Å². The van der Waals surface area contributed by atoms with E-state index in [1.807, 2.05) is 6.07 Å². The molecule has 0 heterocycles. The lowest BCUT2D eigenvalue weighted by Crippen LogP contribution is -2.12. The predicted molar refractivity (Wildman–Crippen MR) is 54.4 cm³/mol. The number of nitriles is 1. The zero-order valence-electron chi connectivity index (χ0n) is 8.27. The van der Waals surface area contributed by atoms with Gasteiger partial charge in [-0.2, -0.15) is 5.26 Å². The quantitative estimate of drug-likeness (QED) is 0.747. The highest BCUT2D eigenvalue weighted by atomic mass is 16.5. The van der Waals surface area contributed by atoms with Crippen LogP contribution in [-0.2, 0) is 4.79 Å². The SMILES string of the molecule is N#Cc1cccc(OCC(=O)C2CC2)c1. The van der Waals surface area contributed by atoms with Crippen molar-refractivity contribution < 1.29 is 9.53 Å². The van der Waals surface area contributed by atoms with E-state index in [4.69, 9.17) is 10.00 Å². The number of ketones is 1. The van der Waals surface area contributed by atoms with E-state index in [0.29, 0.717) is 11.3 Å². The molecule has 0 bridgehead atoms. The molecule has 76 valence electrons. The monoisotopic (exact) mass is 201 g/mol. The fraction of sp³-hybridized carbons (Fsp3) is 0.333. The normalized spacial score (nSPS) is 14.3. The van der Waals surface area contributed by atoms with Gasteiger partial charge in [-0.25, -0.2) is 0 Å². The average Bonchev–Trinajstić information content (AvgIpc) is 3.10. The summed E-state index contributed by atoms with van der Waals surface area (Å²) in [6, 6.07) is 8.86. The number of hydrogen-bond acceptors (Lipinski definition) is 3. The summed E-state index contributed by atoms with van der Waals surface area (Å²) in [5.41, 5.74) is 0.548.